The van der Waals surface area contributed by atoms with Gasteiger partial charge in [-0.3, -0.25) is 0 Å². The first-order valence-electron chi connectivity index (χ1n) is 3.48. The minimum Gasteiger partial charge on any atom is -0.368 e. The van der Waals surface area contributed by atoms with Crippen molar-refractivity contribution in [2.75, 3.05) is 25.7 Å². The number of nitrogens with zero attached hydrogens (tertiary/aromatic N) is 2. The Kier molecular flexibility index (Phi) is 5.24. The summed E-state index contributed by atoms with van der Waals surface area (Å²) in [5.41, 5.74) is 0. The molecule has 0 amide bonds. The number of hydrogen-bond acceptors (Lipinski definition) is 2. The molecular weight excluding hydrogens is 200 g/mol. The smallest absolute Gasteiger partial charge is 0.254 e. The maximum atomic E-state index is 11.0. The van der Waals surface area contributed by atoms with E-state index in [-0.39, 0.29) is 5.75 Å². The van der Waals surface area contributed by atoms with Crippen molar-refractivity contribution in [1.29, 1.82) is 0 Å². The van der Waals surface area contributed by atoms with Gasteiger partial charge in [0.15, 0.2) is 0 Å². The predicted octanol–water partition coefficient (Wildman–Crippen LogP) is 0.535. The third kappa shape index (κ3) is 6.42. The topological polar surface area (TPSA) is 49.7 Å². The zero-order chi connectivity index (χ0) is 9.61. The summed E-state index contributed by atoms with van der Waals surface area (Å²) < 4.78 is 25.4. The van der Waals surface area contributed by atoms with Gasteiger partial charge in [0.2, 0.25) is 0 Å². The van der Waals surface area contributed by atoms with Gasteiger partial charge in [0.1, 0.15) is 6.34 Å². The minimum absolute atomic E-state index is 0.0147. The molecule has 0 spiro atoms. The zero-order valence-electron chi connectivity index (χ0n) is 7.20. The largest absolute Gasteiger partial charge is 0.368 e. The highest BCUT2D eigenvalue weighted by Crippen LogP contribution is 1.96. The number of alkyl halides is 1. The summed E-state index contributed by atoms with van der Waals surface area (Å²) in [7, 11) is 0.122. The molecule has 0 aliphatic rings. The highest BCUT2D eigenvalue weighted by molar-refractivity contribution is 7.90. The van der Waals surface area contributed by atoms with Crippen LogP contribution in [0.3, 0.4) is 0 Å². The normalized spacial score (nSPS) is 12.2. The van der Waals surface area contributed by atoms with E-state index in [2.05, 4.69) is 4.40 Å². The molecule has 0 rings (SSSR count). The fraction of sp³-hybridized carbons (Fsp3) is 0.833. The van der Waals surface area contributed by atoms with Crippen molar-refractivity contribution in [3.8, 4) is 0 Å². The monoisotopic (exact) mass is 212 g/mol. The summed E-state index contributed by atoms with van der Waals surface area (Å²) in [6.07, 6.45) is 1.71. The van der Waals surface area contributed by atoms with Gasteiger partial charge in [-0.05, 0) is 6.42 Å². The highest BCUT2D eigenvalue weighted by Gasteiger charge is 2.05. The SMILES string of the molecule is CN(C)C=NS(=O)(=O)CCCCl. The Morgan fingerprint density at radius 3 is 2.50 bits per heavy atom. The van der Waals surface area contributed by atoms with Crippen LogP contribution < -0.4 is 0 Å². The van der Waals surface area contributed by atoms with Crippen LogP contribution in [-0.2, 0) is 10.0 Å². The lowest BCUT2D eigenvalue weighted by molar-refractivity contribution is 0.593. The first kappa shape index (κ1) is 11.7. The molecule has 0 saturated heterocycles. The molecule has 0 aromatic heterocycles. The van der Waals surface area contributed by atoms with Gasteiger partial charge in [-0.1, -0.05) is 0 Å². The lowest BCUT2D eigenvalue weighted by Crippen LogP contribution is -2.11. The van der Waals surface area contributed by atoms with Crippen LogP contribution in [0.5, 0.6) is 0 Å². The second kappa shape index (κ2) is 5.37. The minimum atomic E-state index is -3.30. The molecule has 0 aliphatic heterocycles. The van der Waals surface area contributed by atoms with Crippen LogP contribution in [0.15, 0.2) is 4.40 Å². The van der Waals surface area contributed by atoms with Crippen molar-refractivity contribution in [2.45, 2.75) is 6.42 Å². The molecule has 0 bridgehead atoms. The highest BCUT2D eigenvalue weighted by atomic mass is 35.5. The van der Waals surface area contributed by atoms with Crippen LogP contribution in [0.25, 0.3) is 0 Å². The molecule has 0 heterocycles. The quantitative estimate of drug-likeness (QED) is 0.380. The predicted molar refractivity (Wildman–Crippen MR) is 51.3 cm³/mol. The van der Waals surface area contributed by atoms with Crippen LogP contribution in [0.1, 0.15) is 6.42 Å². The molecule has 72 valence electrons. The van der Waals surface area contributed by atoms with Crippen LogP contribution in [0.4, 0.5) is 0 Å². The van der Waals surface area contributed by atoms with E-state index in [1.54, 1.807) is 19.0 Å². The molecule has 0 aliphatic carbocycles. The lowest BCUT2D eigenvalue weighted by atomic mass is 10.6. The van der Waals surface area contributed by atoms with Crippen molar-refractivity contribution < 1.29 is 8.42 Å². The lowest BCUT2D eigenvalue weighted by Gasteiger charge is -2.01. The fourth-order valence-electron chi connectivity index (χ4n) is 0.456. The van der Waals surface area contributed by atoms with E-state index in [4.69, 9.17) is 11.6 Å². The van der Waals surface area contributed by atoms with Crippen molar-refractivity contribution in [3.63, 3.8) is 0 Å². The Morgan fingerprint density at radius 2 is 2.08 bits per heavy atom. The average Bonchev–Trinajstić information content (AvgIpc) is 1.98. The Morgan fingerprint density at radius 1 is 1.50 bits per heavy atom. The van der Waals surface area contributed by atoms with E-state index in [9.17, 15) is 8.42 Å². The van der Waals surface area contributed by atoms with Crippen LogP contribution >= 0.6 is 11.6 Å². The van der Waals surface area contributed by atoms with Gasteiger partial charge in [0, 0.05) is 20.0 Å². The van der Waals surface area contributed by atoms with E-state index < -0.39 is 10.0 Å². The van der Waals surface area contributed by atoms with E-state index in [1.165, 1.54) is 6.34 Å². The van der Waals surface area contributed by atoms with Gasteiger partial charge in [0.05, 0.1) is 5.75 Å². The van der Waals surface area contributed by atoms with Gasteiger partial charge in [-0.15, -0.1) is 11.6 Å². The molecule has 0 fully saturated rings. The van der Waals surface area contributed by atoms with Crippen molar-refractivity contribution in [2.24, 2.45) is 4.40 Å². The molecular formula is C6H13ClN2O2S. The van der Waals surface area contributed by atoms with Gasteiger partial charge in [-0.2, -0.15) is 4.40 Å². The average molecular weight is 213 g/mol. The van der Waals surface area contributed by atoms with E-state index in [0.717, 1.165) is 0 Å². The molecule has 6 heteroatoms. The summed E-state index contributed by atoms with van der Waals surface area (Å²) in [5, 5.41) is 0. The number of sulfonamides is 1. The number of halogens is 1. The summed E-state index contributed by atoms with van der Waals surface area (Å²) in [5.74, 6) is 0.359. The summed E-state index contributed by atoms with van der Waals surface area (Å²) >= 11 is 5.34. The molecule has 0 atom stereocenters. The van der Waals surface area contributed by atoms with Crippen molar-refractivity contribution in [3.05, 3.63) is 0 Å². The van der Waals surface area contributed by atoms with E-state index >= 15 is 0 Å². The Labute approximate surface area is 78.3 Å². The first-order valence-corrected chi connectivity index (χ1v) is 5.63. The first-order chi connectivity index (χ1) is 5.48. The van der Waals surface area contributed by atoms with Crippen LogP contribution in [-0.4, -0.2) is 45.4 Å². The summed E-state index contributed by atoms with van der Waals surface area (Å²) in [4.78, 5) is 1.57. The van der Waals surface area contributed by atoms with Gasteiger partial charge in [0.25, 0.3) is 10.0 Å². The third-order valence-electron chi connectivity index (χ3n) is 0.975. The second-order valence-electron chi connectivity index (χ2n) is 2.51. The van der Waals surface area contributed by atoms with E-state index in [0.29, 0.717) is 12.3 Å². The Bertz CT molecular complexity index is 236. The number of hydrogen-bond donors (Lipinski definition) is 0. The maximum Gasteiger partial charge on any atom is 0.254 e. The molecule has 0 saturated carbocycles. The second-order valence-corrected chi connectivity index (χ2v) is 4.67. The molecule has 4 nitrogen and oxygen atoms in total. The Hall–Kier alpha value is -0.290. The van der Waals surface area contributed by atoms with Crippen molar-refractivity contribution >= 4 is 28.0 Å². The standard InChI is InChI=1S/C6H13ClN2O2S/c1-9(2)6-8-12(10,11)5-3-4-7/h6H,3-5H2,1-2H3. The fourth-order valence-corrected chi connectivity index (χ4v) is 1.69. The van der Waals surface area contributed by atoms with Crippen LogP contribution in [0, 0.1) is 0 Å². The molecule has 0 aromatic carbocycles. The van der Waals surface area contributed by atoms with Crippen LogP contribution in [0.2, 0.25) is 0 Å². The zero-order valence-corrected chi connectivity index (χ0v) is 8.77. The van der Waals surface area contributed by atoms with E-state index in [1.807, 2.05) is 0 Å². The molecule has 0 N–H and O–H groups in total. The third-order valence-corrected chi connectivity index (χ3v) is 2.46. The molecule has 12 heavy (non-hydrogen) atoms. The van der Waals surface area contributed by atoms with Gasteiger partial charge >= 0.3 is 0 Å². The summed E-state index contributed by atoms with van der Waals surface area (Å²) in [6, 6.07) is 0. The molecule has 0 radical (unpaired) electrons. The number of rotatable bonds is 5. The maximum absolute atomic E-state index is 11.0. The molecule has 0 unspecified atom stereocenters. The summed E-state index contributed by atoms with van der Waals surface area (Å²) in [6.45, 7) is 0. The van der Waals surface area contributed by atoms with Crippen molar-refractivity contribution in [1.82, 2.24) is 4.90 Å². The Balaban J connectivity index is 4.05. The van der Waals surface area contributed by atoms with Gasteiger partial charge < -0.3 is 4.90 Å². The molecule has 0 aromatic rings. The van der Waals surface area contributed by atoms with Gasteiger partial charge in [-0.25, -0.2) is 8.42 Å².